The molecular formula is C52H71N5O6SSi2. The van der Waals surface area contributed by atoms with E-state index in [2.05, 4.69) is 106 Å². The third-order valence-corrected chi connectivity index (χ3v) is 24.1. The standard InChI is InChI=1S/C52H71N5O6SSi2/c1-51(2,3)65(7,8)62-44-23-22-42(47-46(44)55-50(60)64-47)45(63-66(9,10)52(4,5)6)35-53-28-24-36-20-21-41-38(34-36)25-31-57(48(41)58)33-32-56-29-26-39(27-30-56)61-49(59)54-43-19-15-14-18-40(43)37-16-12-11-13-17-37/h11-23,34,39,45,53H,24-33,35H2,1-10H3,(H,54,59)(H,55,60)/t45-/m1/s1. The molecule has 3 heterocycles. The fourth-order valence-electron chi connectivity index (χ4n) is 8.23. The Morgan fingerprint density at radius 2 is 1.53 bits per heavy atom. The number of likely N-dealkylation sites (tertiary alicyclic amines) is 1. The largest absolute Gasteiger partial charge is 0.542 e. The molecular weight excluding hydrogens is 879 g/mol. The monoisotopic (exact) mass is 949 g/mol. The van der Waals surface area contributed by atoms with Crippen LogP contribution in [0.4, 0.5) is 10.5 Å². The predicted molar refractivity (Wildman–Crippen MR) is 275 cm³/mol. The van der Waals surface area contributed by atoms with Gasteiger partial charge in [-0.3, -0.25) is 14.9 Å². The van der Waals surface area contributed by atoms with E-state index in [-0.39, 0.29) is 33.1 Å². The highest BCUT2D eigenvalue weighted by atomic mass is 32.1. The number of fused-ring (bicyclic) bond motifs is 2. The molecule has 0 radical (unpaired) electrons. The number of H-pyrrole nitrogens is 1. The quantitative estimate of drug-likeness (QED) is 0.0660. The number of anilines is 1. The lowest BCUT2D eigenvalue weighted by molar-refractivity contribution is 0.0517. The highest BCUT2D eigenvalue weighted by Gasteiger charge is 2.41. The molecule has 2 aliphatic heterocycles. The number of amides is 2. The molecule has 3 N–H and O–H groups in total. The van der Waals surface area contributed by atoms with Crippen LogP contribution >= 0.6 is 11.3 Å². The van der Waals surface area contributed by atoms with Crippen LogP contribution in [-0.2, 0) is 22.0 Å². The van der Waals surface area contributed by atoms with Crippen LogP contribution in [0.2, 0.25) is 36.3 Å². The van der Waals surface area contributed by atoms with Crippen molar-refractivity contribution in [2.75, 3.05) is 51.1 Å². The molecule has 0 saturated carbocycles. The minimum absolute atomic E-state index is 0.00236. The van der Waals surface area contributed by atoms with Crippen molar-refractivity contribution in [2.24, 2.45) is 0 Å². The molecule has 1 atom stereocenters. The van der Waals surface area contributed by atoms with Crippen LogP contribution in [0.25, 0.3) is 21.3 Å². The summed E-state index contributed by atoms with van der Waals surface area (Å²) < 4.78 is 20.6. The third-order valence-electron chi connectivity index (χ3n) is 14.3. The second-order valence-corrected chi connectivity index (χ2v) is 31.5. The first-order chi connectivity index (χ1) is 31.2. The number of para-hydroxylation sites is 1. The summed E-state index contributed by atoms with van der Waals surface area (Å²) in [7, 11) is -4.37. The summed E-state index contributed by atoms with van der Waals surface area (Å²) in [6.07, 6.45) is 2.32. The summed E-state index contributed by atoms with van der Waals surface area (Å²) in [4.78, 5) is 46.9. The smallest absolute Gasteiger partial charge is 0.411 e. The van der Waals surface area contributed by atoms with Gasteiger partial charge in [0.05, 0.1) is 16.5 Å². The molecule has 7 rings (SSSR count). The van der Waals surface area contributed by atoms with Gasteiger partial charge in [0, 0.05) is 56.0 Å². The highest BCUT2D eigenvalue weighted by molar-refractivity contribution is 7.16. The highest BCUT2D eigenvalue weighted by Crippen LogP contribution is 2.44. The molecule has 0 unspecified atom stereocenters. The van der Waals surface area contributed by atoms with Gasteiger partial charge in [-0.2, -0.15) is 0 Å². The van der Waals surface area contributed by atoms with Crippen molar-refractivity contribution in [2.45, 2.75) is 116 Å². The number of thiazole rings is 1. The van der Waals surface area contributed by atoms with Gasteiger partial charge < -0.3 is 33.7 Å². The Labute approximate surface area is 397 Å². The maximum Gasteiger partial charge on any atom is 0.411 e. The fraction of sp³-hybridized carbons (Fsp3) is 0.481. The topological polar surface area (TPSA) is 125 Å². The molecule has 66 heavy (non-hydrogen) atoms. The number of nitrogens with one attached hydrogen (secondary N) is 3. The summed E-state index contributed by atoms with van der Waals surface area (Å²) in [5, 5.41) is 6.68. The van der Waals surface area contributed by atoms with Crippen molar-refractivity contribution >= 4 is 55.9 Å². The second kappa shape index (κ2) is 20.3. The molecule has 0 spiro atoms. The Hall–Kier alpha value is -4.58. The molecule has 1 fully saturated rings. The van der Waals surface area contributed by atoms with Crippen LogP contribution in [0.5, 0.6) is 5.75 Å². The zero-order valence-corrected chi connectivity index (χ0v) is 43.6. The maximum absolute atomic E-state index is 13.7. The van der Waals surface area contributed by atoms with Gasteiger partial charge in [-0.1, -0.05) is 120 Å². The normalized spacial score (nSPS) is 16.0. The number of hydrogen-bond acceptors (Lipinski definition) is 9. The van der Waals surface area contributed by atoms with Crippen LogP contribution in [0, 0.1) is 0 Å². The van der Waals surface area contributed by atoms with Gasteiger partial charge in [0.15, 0.2) is 8.32 Å². The maximum atomic E-state index is 13.7. The molecule has 4 aromatic carbocycles. The first-order valence-electron chi connectivity index (χ1n) is 23.7. The van der Waals surface area contributed by atoms with E-state index in [1.54, 1.807) is 0 Å². The van der Waals surface area contributed by atoms with Crippen molar-refractivity contribution in [3.05, 3.63) is 117 Å². The summed E-state index contributed by atoms with van der Waals surface area (Å²) in [5.41, 5.74) is 7.58. The van der Waals surface area contributed by atoms with Crippen molar-refractivity contribution in [3.63, 3.8) is 0 Å². The molecule has 0 bridgehead atoms. The van der Waals surface area contributed by atoms with Crippen LogP contribution in [0.15, 0.2) is 89.7 Å². The van der Waals surface area contributed by atoms with Crippen molar-refractivity contribution in [1.82, 2.24) is 20.1 Å². The lowest BCUT2D eigenvalue weighted by Gasteiger charge is -2.40. The molecule has 5 aromatic rings. The van der Waals surface area contributed by atoms with Gasteiger partial charge >= 0.3 is 11.0 Å². The molecule has 11 nitrogen and oxygen atoms in total. The van der Waals surface area contributed by atoms with Crippen molar-refractivity contribution in [3.8, 4) is 16.9 Å². The predicted octanol–water partition coefficient (Wildman–Crippen LogP) is 11.2. The van der Waals surface area contributed by atoms with Gasteiger partial charge in [0.25, 0.3) is 14.2 Å². The number of piperidine rings is 1. The van der Waals surface area contributed by atoms with Crippen molar-refractivity contribution < 1.29 is 23.2 Å². The average molecular weight is 950 g/mol. The lowest BCUT2D eigenvalue weighted by Crippen LogP contribution is -2.45. The summed E-state index contributed by atoms with van der Waals surface area (Å²) in [6.45, 7) is 27.5. The van der Waals surface area contributed by atoms with E-state index in [9.17, 15) is 14.4 Å². The Morgan fingerprint density at radius 3 is 2.24 bits per heavy atom. The van der Waals surface area contributed by atoms with Crippen LogP contribution in [0.3, 0.4) is 0 Å². The van der Waals surface area contributed by atoms with Gasteiger partial charge in [-0.05, 0) is 103 Å². The van der Waals surface area contributed by atoms with Gasteiger partial charge in [-0.25, -0.2) is 4.79 Å². The number of aromatic amines is 1. The molecule has 1 saturated heterocycles. The van der Waals surface area contributed by atoms with E-state index in [0.29, 0.717) is 19.6 Å². The van der Waals surface area contributed by atoms with E-state index < -0.39 is 22.7 Å². The van der Waals surface area contributed by atoms with Gasteiger partial charge in [0.2, 0.25) is 0 Å². The number of hydrogen-bond donors (Lipinski definition) is 3. The number of benzene rings is 4. The lowest BCUT2D eigenvalue weighted by atomic mass is 9.95. The zero-order chi connectivity index (χ0) is 47.4. The summed E-state index contributed by atoms with van der Waals surface area (Å²) in [6, 6.07) is 28.2. The third kappa shape index (κ3) is 11.7. The minimum Gasteiger partial charge on any atom is -0.542 e. The Morgan fingerprint density at radius 1 is 0.833 bits per heavy atom. The van der Waals surface area contributed by atoms with E-state index >= 15 is 0 Å². The second-order valence-electron chi connectivity index (χ2n) is 21.1. The molecule has 14 heteroatoms. The molecule has 0 aliphatic carbocycles. The summed E-state index contributed by atoms with van der Waals surface area (Å²) >= 11 is 1.23. The zero-order valence-electron chi connectivity index (χ0n) is 40.8. The van der Waals surface area contributed by atoms with Gasteiger partial charge in [-0.15, -0.1) is 0 Å². The van der Waals surface area contributed by atoms with E-state index in [0.717, 1.165) is 101 Å². The van der Waals surface area contributed by atoms with E-state index in [1.165, 1.54) is 16.9 Å². The minimum atomic E-state index is -2.21. The molecule has 2 aliphatic rings. The first-order valence-corrected chi connectivity index (χ1v) is 30.3. The molecule has 354 valence electrons. The Balaban J connectivity index is 0.902. The fourth-order valence-corrected chi connectivity index (χ4v) is 11.4. The van der Waals surface area contributed by atoms with Crippen LogP contribution in [0.1, 0.15) is 87.5 Å². The average Bonchev–Trinajstić information content (AvgIpc) is 3.66. The van der Waals surface area contributed by atoms with E-state index in [4.69, 9.17) is 13.6 Å². The number of nitrogens with zero attached hydrogens (tertiary/aromatic N) is 2. The number of carbonyl (C=O) groups excluding carboxylic acids is 2. The van der Waals surface area contributed by atoms with E-state index in [1.807, 2.05) is 71.6 Å². The number of rotatable bonds is 16. The van der Waals surface area contributed by atoms with Gasteiger partial charge in [0.1, 0.15) is 17.4 Å². The molecule has 1 aromatic heterocycles. The van der Waals surface area contributed by atoms with Crippen LogP contribution < -0.4 is 19.9 Å². The Bertz CT molecular complexity index is 2540. The summed E-state index contributed by atoms with van der Waals surface area (Å²) in [5.74, 6) is 0.829. The first kappa shape index (κ1) is 49.3. The van der Waals surface area contributed by atoms with Crippen LogP contribution in [-0.4, -0.2) is 95.3 Å². The number of ether oxygens (including phenoxy) is 1. The number of carbonyl (C=O) groups is 2. The van der Waals surface area contributed by atoms with Crippen molar-refractivity contribution in [1.29, 1.82) is 0 Å². The SMILES string of the molecule is CC(C)(C)[Si](C)(C)Oc1ccc([C@@H](CNCCc2ccc3c(c2)CCN(CCN2CCC(OC(=O)Nc4ccccc4-c4ccccc4)CC2)C3=O)O[Si](C)(C)C(C)(C)C)c2sc(=O)[nH]c12. The molecule has 2 amide bonds. The Kier molecular flexibility index (Phi) is 15.2. The number of aromatic nitrogens is 1.